The van der Waals surface area contributed by atoms with Gasteiger partial charge in [0.05, 0.1) is 6.61 Å². The molecule has 0 saturated carbocycles. The second-order valence-corrected chi connectivity index (χ2v) is 7.34. The Labute approximate surface area is 165 Å². The molecule has 3 aromatic rings. The van der Waals surface area contributed by atoms with E-state index in [1.54, 1.807) is 12.3 Å². The molecule has 1 amide bonds. The van der Waals surface area contributed by atoms with Gasteiger partial charge in [-0.1, -0.05) is 60.7 Å². The number of carbonyl (C=O) groups is 1. The summed E-state index contributed by atoms with van der Waals surface area (Å²) in [5, 5.41) is 10.0. The van der Waals surface area contributed by atoms with Crippen molar-refractivity contribution < 1.29 is 9.90 Å². The predicted octanol–water partition coefficient (Wildman–Crippen LogP) is 3.67. The van der Waals surface area contributed by atoms with Crippen molar-refractivity contribution in [2.75, 3.05) is 13.2 Å². The number of hydrogen-bond donors (Lipinski definition) is 1. The smallest absolute Gasteiger partial charge is 0.272 e. The van der Waals surface area contributed by atoms with Crippen LogP contribution in [0.15, 0.2) is 79.0 Å². The molecular weight excluding hydrogens is 348 g/mol. The molecule has 2 unspecified atom stereocenters. The van der Waals surface area contributed by atoms with E-state index >= 15 is 0 Å². The van der Waals surface area contributed by atoms with Crippen LogP contribution in [0.2, 0.25) is 0 Å². The van der Waals surface area contributed by atoms with Gasteiger partial charge in [-0.2, -0.15) is 0 Å². The summed E-state index contributed by atoms with van der Waals surface area (Å²) in [7, 11) is 0. The number of nitrogens with zero attached hydrogens (tertiary/aromatic N) is 2. The molecule has 0 fully saturated rings. The van der Waals surface area contributed by atoms with Crippen LogP contribution in [-0.4, -0.2) is 34.0 Å². The van der Waals surface area contributed by atoms with Crippen LogP contribution in [0.3, 0.4) is 0 Å². The van der Waals surface area contributed by atoms with Gasteiger partial charge in [-0.15, -0.1) is 0 Å². The molecular formula is C24H24N2O2. The van der Waals surface area contributed by atoms with Crippen molar-refractivity contribution in [3.8, 4) is 0 Å². The van der Waals surface area contributed by atoms with Crippen LogP contribution in [0.4, 0.5) is 0 Å². The number of carbonyl (C=O) groups excluding carboxylic acids is 1. The number of hydrogen-bond acceptors (Lipinski definition) is 3. The molecule has 1 aromatic heterocycles. The maximum atomic E-state index is 13.2. The van der Waals surface area contributed by atoms with Gasteiger partial charge in [-0.3, -0.25) is 9.78 Å². The molecule has 2 atom stereocenters. The fourth-order valence-corrected chi connectivity index (χ4v) is 4.16. The number of pyridine rings is 1. The zero-order valence-corrected chi connectivity index (χ0v) is 15.7. The lowest BCUT2D eigenvalue weighted by Gasteiger charge is -2.28. The second-order valence-electron chi connectivity index (χ2n) is 7.34. The van der Waals surface area contributed by atoms with Crippen molar-refractivity contribution in [1.29, 1.82) is 0 Å². The zero-order chi connectivity index (χ0) is 19.3. The van der Waals surface area contributed by atoms with Crippen molar-refractivity contribution >= 4 is 5.91 Å². The highest BCUT2D eigenvalue weighted by Crippen LogP contribution is 2.38. The van der Waals surface area contributed by atoms with E-state index in [0.29, 0.717) is 18.8 Å². The lowest BCUT2D eigenvalue weighted by atomic mass is 9.92. The Kier molecular flexibility index (Phi) is 5.49. The molecule has 1 heterocycles. The third-order valence-corrected chi connectivity index (χ3v) is 5.54. The van der Waals surface area contributed by atoms with Crippen molar-refractivity contribution in [3.63, 3.8) is 0 Å². The molecule has 142 valence electrons. The van der Waals surface area contributed by atoms with E-state index in [0.717, 1.165) is 12.0 Å². The molecule has 1 N–H and O–H groups in total. The maximum Gasteiger partial charge on any atom is 0.272 e. The minimum atomic E-state index is -0.0721. The summed E-state index contributed by atoms with van der Waals surface area (Å²) in [6.07, 6.45) is 2.53. The molecule has 0 saturated heterocycles. The highest BCUT2D eigenvalue weighted by atomic mass is 16.3. The third kappa shape index (κ3) is 3.82. The number of aliphatic hydroxyl groups excluding tert-OH is 1. The van der Waals surface area contributed by atoms with Crippen LogP contribution < -0.4 is 0 Å². The topological polar surface area (TPSA) is 53.4 Å². The molecule has 4 heteroatoms. The van der Waals surface area contributed by atoms with Gasteiger partial charge in [0.1, 0.15) is 5.69 Å². The number of aliphatic hydroxyl groups is 1. The van der Waals surface area contributed by atoms with Gasteiger partial charge in [-0.25, -0.2) is 0 Å². The summed E-state index contributed by atoms with van der Waals surface area (Å²) in [5.74, 6) is 0.182. The van der Waals surface area contributed by atoms with Crippen LogP contribution in [0.5, 0.6) is 0 Å². The summed E-state index contributed by atoms with van der Waals surface area (Å²) in [4.78, 5) is 19.3. The Morgan fingerprint density at radius 1 is 1.00 bits per heavy atom. The maximum absolute atomic E-state index is 13.2. The number of fused-ring (bicyclic) bond motifs is 1. The molecule has 1 aliphatic rings. The lowest BCUT2D eigenvalue weighted by molar-refractivity contribution is 0.0690. The largest absolute Gasteiger partial charge is 0.396 e. The number of amides is 1. The molecule has 1 aliphatic carbocycles. The molecule has 28 heavy (non-hydrogen) atoms. The lowest BCUT2D eigenvalue weighted by Crippen LogP contribution is -2.37. The van der Waals surface area contributed by atoms with E-state index in [9.17, 15) is 9.90 Å². The monoisotopic (exact) mass is 372 g/mol. The van der Waals surface area contributed by atoms with E-state index in [-0.39, 0.29) is 24.3 Å². The van der Waals surface area contributed by atoms with Crippen LogP contribution in [0, 0.1) is 5.92 Å². The van der Waals surface area contributed by atoms with Gasteiger partial charge in [0.15, 0.2) is 0 Å². The van der Waals surface area contributed by atoms with E-state index < -0.39 is 0 Å². The summed E-state index contributed by atoms with van der Waals surface area (Å²) in [6.45, 7) is 1.21. The molecule has 0 aliphatic heterocycles. The van der Waals surface area contributed by atoms with E-state index in [2.05, 4.69) is 17.1 Å². The molecule has 4 rings (SSSR count). The van der Waals surface area contributed by atoms with E-state index in [1.165, 1.54) is 11.1 Å². The number of aromatic nitrogens is 1. The summed E-state index contributed by atoms with van der Waals surface area (Å²) in [6, 6.07) is 23.7. The summed E-state index contributed by atoms with van der Waals surface area (Å²) >= 11 is 0. The van der Waals surface area contributed by atoms with Crippen LogP contribution in [-0.2, 0) is 13.0 Å². The van der Waals surface area contributed by atoms with Crippen molar-refractivity contribution in [2.45, 2.75) is 18.9 Å². The molecule has 2 aromatic carbocycles. The molecule has 0 bridgehead atoms. The van der Waals surface area contributed by atoms with E-state index in [1.807, 2.05) is 59.5 Å². The van der Waals surface area contributed by atoms with Gasteiger partial charge < -0.3 is 10.0 Å². The highest BCUT2D eigenvalue weighted by molar-refractivity contribution is 5.92. The Morgan fingerprint density at radius 2 is 1.75 bits per heavy atom. The first kappa shape index (κ1) is 18.4. The Bertz CT molecular complexity index is 928. The first-order valence-electron chi connectivity index (χ1n) is 9.69. The quantitative estimate of drug-likeness (QED) is 0.718. The highest BCUT2D eigenvalue weighted by Gasteiger charge is 2.34. The average Bonchev–Trinajstić information content (AvgIpc) is 3.11. The van der Waals surface area contributed by atoms with Crippen molar-refractivity contribution in [1.82, 2.24) is 9.88 Å². The SMILES string of the molecule is O=C(c1ccccn1)N(Cc1ccccc1)CC1Cc2ccccc2C1CO. The Balaban J connectivity index is 1.60. The average molecular weight is 372 g/mol. The Hall–Kier alpha value is -2.98. The molecule has 0 spiro atoms. The van der Waals surface area contributed by atoms with Crippen LogP contribution in [0.25, 0.3) is 0 Å². The standard InChI is InChI=1S/C24H24N2O2/c27-17-22-20(14-19-10-4-5-11-21(19)22)16-26(15-18-8-2-1-3-9-18)24(28)23-12-6-7-13-25-23/h1-13,20,22,27H,14-17H2. The van der Waals surface area contributed by atoms with Gasteiger partial charge in [0.25, 0.3) is 5.91 Å². The summed E-state index contributed by atoms with van der Waals surface area (Å²) in [5.41, 5.74) is 4.02. The fraction of sp³-hybridized carbons (Fsp3) is 0.250. The van der Waals surface area contributed by atoms with Crippen molar-refractivity contribution in [2.24, 2.45) is 5.92 Å². The Morgan fingerprint density at radius 3 is 2.50 bits per heavy atom. The second kappa shape index (κ2) is 8.36. The first-order chi connectivity index (χ1) is 13.8. The normalized spacial score (nSPS) is 17.9. The zero-order valence-electron chi connectivity index (χ0n) is 15.7. The third-order valence-electron chi connectivity index (χ3n) is 5.54. The number of rotatable bonds is 6. The van der Waals surface area contributed by atoms with Gasteiger partial charge in [-0.05, 0) is 41.2 Å². The van der Waals surface area contributed by atoms with Crippen molar-refractivity contribution in [3.05, 3.63) is 101 Å². The van der Waals surface area contributed by atoms with Gasteiger partial charge in [0.2, 0.25) is 0 Å². The van der Waals surface area contributed by atoms with Gasteiger partial charge in [0, 0.05) is 25.2 Å². The van der Waals surface area contributed by atoms with Crippen LogP contribution >= 0.6 is 0 Å². The summed E-state index contributed by atoms with van der Waals surface area (Å²) < 4.78 is 0. The minimum Gasteiger partial charge on any atom is -0.396 e. The first-order valence-corrected chi connectivity index (χ1v) is 9.69. The predicted molar refractivity (Wildman–Crippen MR) is 109 cm³/mol. The molecule has 4 nitrogen and oxygen atoms in total. The minimum absolute atomic E-state index is 0.0611. The fourth-order valence-electron chi connectivity index (χ4n) is 4.16. The van der Waals surface area contributed by atoms with E-state index in [4.69, 9.17) is 0 Å². The number of benzene rings is 2. The molecule has 0 radical (unpaired) electrons. The van der Waals surface area contributed by atoms with Gasteiger partial charge >= 0.3 is 0 Å². The van der Waals surface area contributed by atoms with Crippen LogP contribution in [0.1, 0.15) is 33.1 Å².